The number of aromatic nitrogens is 5. The molecule has 1 aliphatic heterocycles. The van der Waals surface area contributed by atoms with Crippen LogP contribution >= 0.6 is 0 Å². The highest BCUT2D eigenvalue weighted by Gasteiger charge is 2.19. The molecule has 4 heterocycles. The third-order valence-corrected chi connectivity index (χ3v) is 5.91. The van der Waals surface area contributed by atoms with Gasteiger partial charge in [-0.2, -0.15) is 10.1 Å². The maximum Gasteiger partial charge on any atom is 0.277 e. The van der Waals surface area contributed by atoms with Crippen molar-refractivity contribution < 1.29 is 9.26 Å². The second kappa shape index (κ2) is 8.58. The number of benzene rings is 1. The van der Waals surface area contributed by atoms with Crippen LogP contribution < -0.4 is 10.3 Å². The minimum Gasteiger partial charge on any atom is -0.497 e. The van der Waals surface area contributed by atoms with E-state index < -0.39 is 0 Å². The van der Waals surface area contributed by atoms with Gasteiger partial charge in [-0.15, -0.1) is 0 Å². The van der Waals surface area contributed by atoms with Crippen molar-refractivity contribution in [2.75, 3.05) is 20.2 Å². The lowest BCUT2D eigenvalue weighted by Gasteiger charge is -2.29. The van der Waals surface area contributed by atoms with Crippen molar-refractivity contribution in [1.82, 2.24) is 29.2 Å². The van der Waals surface area contributed by atoms with E-state index in [1.807, 2.05) is 24.3 Å². The first-order chi connectivity index (χ1) is 15.6. The largest absolute Gasteiger partial charge is 0.497 e. The molecule has 0 saturated carbocycles. The first-order valence-electron chi connectivity index (χ1n) is 10.9. The SMILES string of the molecule is COc1ccc(-c2cc3c(=O)n(Cc4noc(CN5CCCC(C)C5)n4)ccn3n2)cc1. The molecule has 3 aromatic heterocycles. The molecule has 9 nitrogen and oxygen atoms in total. The molecule has 1 atom stereocenters. The van der Waals surface area contributed by atoms with Crippen molar-refractivity contribution in [3.63, 3.8) is 0 Å². The van der Waals surface area contributed by atoms with E-state index >= 15 is 0 Å². The highest BCUT2D eigenvalue weighted by atomic mass is 16.5. The Bertz CT molecular complexity index is 1270. The van der Waals surface area contributed by atoms with E-state index in [0.29, 0.717) is 29.7 Å². The van der Waals surface area contributed by atoms with Crippen molar-refractivity contribution in [2.24, 2.45) is 5.92 Å². The summed E-state index contributed by atoms with van der Waals surface area (Å²) in [5, 5.41) is 8.61. The lowest BCUT2D eigenvalue weighted by Crippen LogP contribution is -2.33. The topological polar surface area (TPSA) is 90.7 Å². The minimum absolute atomic E-state index is 0.157. The molecule has 1 aromatic carbocycles. The number of hydrogen-bond donors (Lipinski definition) is 0. The van der Waals surface area contributed by atoms with Crippen LogP contribution in [0.2, 0.25) is 0 Å². The maximum absolute atomic E-state index is 13.0. The molecule has 9 heteroatoms. The first kappa shape index (κ1) is 20.4. The molecule has 32 heavy (non-hydrogen) atoms. The van der Waals surface area contributed by atoms with Crippen LogP contribution in [-0.2, 0) is 13.1 Å². The third kappa shape index (κ3) is 4.16. The van der Waals surface area contributed by atoms with Crippen molar-refractivity contribution in [2.45, 2.75) is 32.9 Å². The summed E-state index contributed by atoms with van der Waals surface area (Å²) in [5.41, 5.74) is 1.97. The molecule has 0 bridgehead atoms. The van der Waals surface area contributed by atoms with Gasteiger partial charge in [-0.3, -0.25) is 9.69 Å². The number of hydrogen-bond acceptors (Lipinski definition) is 7. The van der Waals surface area contributed by atoms with Crippen LogP contribution in [0.25, 0.3) is 16.8 Å². The van der Waals surface area contributed by atoms with Gasteiger partial charge in [-0.1, -0.05) is 12.1 Å². The number of nitrogens with zero attached hydrogens (tertiary/aromatic N) is 6. The fraction of sp³-hybridized carbons (Fsp3) is 0.391. The zero-order valence-electron chi connectivity index (χ0n) is 18.3. The Morgan fingerprint density at radius 2 is 2.03 bits per heavy atom. The van der Waals surface area contributed by atoms with Crippen LogP contribution in [0, 0.1) is 5.92 Å². The molecule has 0 radical (unpaired) electrons. The van der Waals surface area contributed by atoms with Crippen LogP contribution in [0.1, 0.15) is 31.5 Å². The van der Waals surface area contributed by atoms with E-state index in [2.05, 4.69) is 27.1 Å². The van der Waals surface area contributed by atoms with Crippen LogP contribution in [0.4, 0.5) is 0 Å². The molecule has 5 rings (SSSR count). The van der Waals surface area contributed by atoms with E-state index in [0.717, 1.165) is 30.1 Å². The van der Waals surface area contributed by atoms with E-state index in [-0.39, 0.29) is 12.1 Å². The molecule has 166 valence electrons. The Kier molecular flexibility index (Phi) is 5.48. The molecule has 0 spiro atoms. The van der Waals surface area contributed by atoms with Gasteiger partial charge in [0, 0.05) is 24.5 Å². The Hall–Kier alpha value is -3.46. The Morgan fingerprint density at radius 1 is 1.19 bits per heavy atom. The van der Waals surface area contributed by atoms with E-state index in [9.17, 15) is 4.79 Å². The highest BCUT2D eigenvalue weighted by Crippen LogP contribution is 2.22. The predicted molar refractivity (Wildman–Crippen MR) is 119 cm³/mol. The average Bonchev–Trinajstić information content (AvgIpc) is 3.43. The number of methoxy groups -OCH3 is 1. The number of piperidine rings is 1. The zero-order chi connectivity index (χ0) is 22.1. The number of likely N-dealkylation sites (tertiary alicyclic amines) is 1. The smallest absolute Gasteiger partial charge is 0.277 e. The number of fused-ring (bicyclic) bond motifs is 1. The lowest BCUT2D eigenvalue weighted by molar-refractivity contribution is 0.157. The third-order valence-electron chi connectivity index (χ3n) is 5.91. The van der Waals surface area contributed by atoms with Crippen LogP contribution in [0.3, 0.4) is 0 Å². The molecule has 0 aliphatic carbocycles. The van der Waals surface area contributed by atoms with Gasteiger partial charge in [-0.25, -0.2) is 4.52 Å². The summed E-state index contributed by atoms with van der Waals surface area (Å²) >= 11 is 0. The van der Waals surface area contributed by atoms with Gasteiger partial charge in [0.2, 0.25) is 5.89 Å². The van der Waals surface area contributed by atoms with Crippen molar-refractivity contribution in [1.29, 1.82) is 0 Å². The van der Waals surface area contributed by atoms with Gasteiger partial charge in [0.05, 0.1) is 25.9 Å². The molecule has 0 N–H and O–H groups in total. The molecular formula is C23H26N6O3. The summed E-state index contributed by atoms with van der Waals surface area (Å²) in [4.78, 5) is 19.9. The molecule has 1 fully saturated rings. The quantitative estimate of drug-likeness (QED) is 0.461. The van der Waals surface area contributed by atoms with Gasteiger partial charge in [-0.05, 0) is 55.6 Å². The summed E-state index contributed by atoms with van der Waals surface area (Å²) in [7, 11) is 1.63. The summed E-state index contributed by atoms with van der Waals surface area (Å²) in [6.45, 7) is 5.27. The van der Waals surface area contributed by atoms with E-state index in [4.69, 9.17) is 9.26 Å². The Morgan fingerprint density at radius 3 is 2.81 bits per heavy atom. The van der Waals surface area contributed by atoms with Crippen LogP contribution in [0.5, 0.6) is 5.75 Å². The van der Waals surface area contributed by atoms with Crippen LogP contribution in [0.15, 0.2) is 52.0 Å². The second-order valence-corrected chi connectivity index (χ2v) is 8.41. The lowest BCUT2D eigenvalue weighted by atomic mass is 10.0. The van der Waals surface area contributed by atoms with Crippen LogP contribution in [-0.4, -0.2) is 49.4 Å². The zero-order valence-corrected chi connectivity index (χ0v) is 18.3. The molecule has 0 amide bonds. The molecule has 1 saturated heterocycles. The number of ether oxygens (including phenoxy) is 1. The van der Waals surface area contributed by atoms with Crippen molar-refractivity contribution in [3.8, 4) is 17.0 Å². The van der Waals surface area contributed by atoms with Crippen molar-refractivity contribution in [3.05, 3.63) is 64.8 Å². The fourth-order valence-electron chi connectivity index (χ4n) is 4.25. The maximum atomic E-state index is 13.0. The summed E-state index contributed by atoms with van der Waals surface area (Å²) in [6.07, 6.45) is 5.93. The van der Waals surface area contributed by atoms with Gasteiger partial charge in [0.15, 0.2) is 5.82 Å². The average molecular weight is 435 g/mol. The van der Waals surface area contributed by atoms with E-state index in [1.54, 1.807) is 34.7 Å². The molecule has 1 unspecified atom stereocenters. The standard InChI is InChI=1S/C23H26N6O3/c1-16-4-3-9-27(13-16)15-22-24-21(26-32-22)14-28-10-11-29-20(23(28)30)12-19(25-29)17-5-7-18(31-2)8-6-17/h5-8,10-12,16H,3-4,9,13-15H2,1-2H3. The van der Waals surface area contributed by atoms with E-state index in [1.165, 1.54) is 12.8 Å². The molecular weight excluding hydrogens is 408 g/mol. The molecule has 4 aromatic rings. The highest BCUT2D eigenvalue weighted by molar-refractivity contribution is 5.66. The summed E-state index contributed by atoms with van der Waals surface area (Å²) in [5.74, 6) is 2.55. The minimum atomic E-state index is -0.157. The monoisotopic (exact) mass is 434 g/mol. The Balaban J connectivity index is 1.34. The second-order valence-electron chi connectivity index (χ2n) is 8.41. The molecule has 1 aliphatic rings. The summed E-state index contributed by atoms with van der Waals surface area (Å²) in [6, 6.07) is 9.37. The fourth-order valence-corrected chi connectivity index (χ4v) is 4.25. The first-order valence-corrected chi connectivity index (χ1v) is 10.9. The van der Waals surface area contributed by atoms with Gasteiger partial charge < -0.3 is 13.8 Å². The normalized spacial score (nSPS) is 17.1. The van der Waals surface area contributed by atoms with Crippen molar-refractivity contribution >= 4 is 5.52 Å². The summed E-state index contributed by atoms with van der Waals surface area (Å²) < 4.78 is 13.8. The van der Waals surface area contributed by atoms with Gasteiger partial charge >= 0.3 is 0 Å². The van der Waals surface area contributed by atoms with Gasteiger partial charge in [0.1, 0.15) is 11.3 Å². The number of rotatable bonds is 6. The van der Waals surface area contributed by atoms with Gasteiger partial charge in [0.25, 0.3) is 5.56 Å². The Labute approximate surface area is 185 Å². The predicted octanol–water partition coefficient (Wildman–Crippen LogP) is 2.83.